The summed E-state index contributed by atoms with van der Waals surface area (Å²) in [6.45, 7) is 6.83. The number of fused-ring (bicyclic) bond motifs is 1. The third kappa shape index (κ3) is 3.50. The molecule has 31 heavy (non-hydrogen) atoms. The number of pyridine rings is 1. The zero-order chi connectivity index (χ0) is 21.6. The highest BCUT2D eigenvalue weighted by atomic mass is 16.5. The summed E-state index contributed by atoms with van der Waals surface area (Å²) in [4.78, 5) is 22.1. The van der Waals surface area contributed by atoms with Gasteiger partial charge in [0.1, 0.15) is 11.8 Å². The molecule has 0 spiro atoms. The number of allylic oxidation sites excluding steroid dienone is 2. The highest BCUT2D eigenvalue weighted by Gasteiger charge is 2.41. The molecule has 0 saturated heterocycles. The van der Waals surface area contributed by atoms with Crippen molar-refractivity contribution in [2.24, 2.45) is 5.41 Å². The second-order valence-electron chi connectivity index (χ2n) is 8.80. The lowest BCUT2D eigenvalue weighted by Crippen LogP contribution is -2.36. The summed E-state index contributed by atoms with van der Waals surface area (Å²) >= 11 is 0. The van der Waals surface area contributed by atoms with Crippen LogP contribution in [0.25, 0.3) is 11.4 Å². The van der Waals surface area contributed by atoms with Crippen molar-refractivity contribution < 1.29 is 9.53 Å². The molecular formula is C24H25N5O2. The van der Waals surface area contributed by atoms with Crippen LogP contribution in [0.2, 0.25) is 0 Å². The van der Waals surface area contributed by atoms with Gasteiger partial charge in [0.05, 0.1) is 6.61 Å². The van der Waals surface area contributed by atoms with Crippen molar-refractivity contribution in [3.8, 4) is 17.1 Å². The molecule has 1 atom stereocenters. The second-order valence-corrected chi connectivity index (χ2v) is 8.80. The fourth-order valence-corrected chi connectivity index (χ4v) is 4.45. The van der Waals surface area contributed by atoms with E-state index >= 15 is 0 Å². The first-order valence-electron chi connectivity index (χ1n) is 10.6. The number of nitrogens with one attached hydrogen (secondary N) is 1. The Balaban J connectivity index is 1.61. The number of hydrogen-bond acceptors (Lipinski definition) is 6. The van der Waals surface area contributed by atoms with Crippen molar-refractivity contribution in [1.82, 2.24) is 19.7 Å². The molecule has 158 valence electrons. The molecule has 1 unspecified atom stereocenters. The molecule has 2 aliphatic rings. The topological polar surface area (TPSA) is 81.9 Å². The van der Waals surface area contributed by atoms with E-state index in [0.29, 0.717) is 24.8 Å². The van der Waals surface area contributed by atoms with Gasteiger partial charge in [0.2, 0.25) is 5.95 Å². The SMILES string of the molecule is CCOc1ccc(-c2nc3n(n2)C(c2ccncc2)C2=C(CC(C)(C)CC2=O)N3)cc1. The van der Waals surface area contributed by atoms with Gasteiger partial charge in [0, 0.05) is 35.6 Å². The first-order valence-corrected chi connectivity index (χ1v) is 10.6. The maximum atomic E-state index is 13.2. The van der Waals surface area contributed by atoms with E-state index in [1.807, 2.05) is 48.0 Å². The number of carbonyl (C=O) groups excluding carboxylic acids is 1. The maximum absolute atomic E-state index is 13.2. The molecule has 2 aromatic heterocycles. The van der Waals surface area contributed by atoms with Crippen molar-refractivity contribution in [3.63, 3.8) is 0 Å². The molecule has 1 aromatic carbocycles. The lowest BCUT2D eigenvalue weighted by Gasteiger charge is -2.38. The standard InChI is InChI=1S/C24H25N5O2/c1-4-31-17-7-5-16(6-8-17)22-27-23-26-18-13-24(2,3)14-19(30)20(18)21(29(23)28-22)15-9-11-25-12-10-15/h5-12,21H,4,13-14H2,1-3H3,(H,26,27,28). The number of ether oxygens (including phenoxy) is 1. The lowest BCUT2D eigenvalue weighted by molar-refractivity contribution is -0.118. The highest BCUT2D eigenvalue weighted by molar-refractivity contribution is 6.00. The summed E-state index contributed by atoms with van der Waals surface area (Å²) in [6.07, 6.45) is 4.81. The first kappa shape index (κ1) is 19.5. The molecule has 1 aliphatic carbocycles. The number of rotatable bonds is 4. The molecule has 0 radical (unpaired) electrons. The number of aromatic nitrogens is 4. The zero-order valence-corrected chi connectivity index (χ0v) is 17.9. The van der Waals surface area contributed by atoms with Crippen LogP contribution in [0, 0.1) is 5.41 Å². The Labute approximate surface area is 181 Å². The van der Waals surface area contributed by atoms with Crippen LogP contribution in [0.4, 0.5) is 5.95 Å². The van der Waals surface area contributed by atoms with Gasteiger partial charge in [-0.05, 0) is 60.7 Å². The van der Waals surface area contributed by atoms with Gasteiger partial charge < -0.3 is 10.1 Å². The van der Waals surface area contributed by atoms with Crippen LogP contribution in [0.15, 0.2) is 60.1 Å². The number of hydrogen-bond donors (Lipinski definition) is 1. The van der Waals surface area contributed by atoms with Crippen LogP contribution >= 0.6 is 0 Å². The van der Waals surface area contributed by atoms with Gasteiger partial charge >= 0.3 is 0 Å². The minimum absolute atomic E-state index is 0.0914. The summed E-state index contributed by atoms with van der Waals surface area (Å²) in [7, 11) is 0. The average Bonchev–Trinajstić information content (AvgIpc) is 3.16. The fraction of sp³-hybridized carbons (Fsp3) is 0.333. The van der Waals surface area contributed by atoms with Gasteiger partial charge in [-0.1, -0.05) is 13.8 Å². The van der Waals surface area contributed by atoms with E-state index in [-0.39, 0.29) is 17.2 Å². The molecule has 1 aliphatic heterocycles. The Hall–Kier alpha value is -3.48. The van der Waals surface area contributed by atoms with Crippen LogP contribution in [0.3, 0.4) is 0 Å². The van der Waals surface area contributed by atoms with Crippen molar-refractivity contribution >= 4 is 11.7 Å². The Morgan fingerprint density at radius 1 is 1.13 bits per heavy atom. The number of carbonyl (C=O) groups is 1. The third-order valence-electron chi connectivity index (χ3n) is 5.78. The van der Waals surface area contributed by atoms with Crippen LogP contribution < -0.4 is 10.1 Å². The van der Waals surface area contributed by atoms with E-state index in [1.54, 1.807) is 12.4 Å². The van der Waals surface area contributed by atoms with Crippen LogP contribution in [-0.4, -0.2) is 32.1 Å². The van der Waals surface area contributed by atoms with Crippen LogP contribution in [0.1, 0.15) is 45.2 Å². The fourth-order valence-electron chi connectivity index (χ4n) is 4.45. The van der Waals surface area contributed by atoms with E-state index in [2.05, 4.69) is 24.1 Å². The molecule has 0 saturated carbocycles. The second kappa shape index (κ2) is 7.34. The molecular weight excluding hydrogens is 390 g/mol. The van der Waals surface area contributed by atoms with Gasteiger partial charge in [0.15, 0.2) is 11.6 Å². The quantitative estimate of drug-likeness (QED) is 0.680. The molecule has 3 aromatic rings. The number of anilines is 1. The summed E-state index contributed by atoms with van der Waals surface area (Å²) in [6, 6.07) is 11.3. The molecule has 7 nitrogen and oxygen atoms in total. The van der Waals surface area contributed by atoms with E-state index in [9.17, 15) is 4.79 Å². The third-order valence-corrected chi connectivity index (χ3v) is 5.78. The molecule has 7 heteroatoms. The van der Waals surface area contributed by atoms with E-state index in [0.717, 1.165) is 34.6 Å². The number of nitrogens with zero attached hydrogens (tertiary/aromatic N) is 4. The monoisotopic (exact) mass is 415 g/mol. The van der Waals surface area contributed by atoms with E-state index in [4.69, 9.17) is 14.8 Å². The number of ketones is 1. The largest absolute Gasteiger partial charge is 0.494 e. The number of Topliss-reactive ketones (excluding diaryl/α,β-unsaturated/α-hetero) is 1. The minimum Gasteiger partial charge on any atom is -0.494 e. The Bertz CT molecular complexity index is 1160. The molecule has 0 bridgehead atoms. The summed E-state index contributed by atoms with van der Waals surface area (Å²) in [5.41, 5.74) is 3.50. The van der Waals surface area contributed by atoms with Crippen molar-refractivity contribution in [1.29, 1.82) is 0 Å². The zero-order valence-electron chi connectivity index (χ0n) is 17.9. The molecule has 5 rings (SSSR count). The Kier molecular flexibility index (Phi) is 4.61. The van der Waals surface area contributed by atoms with Gasteiger partial charge in [-0.15, -0.1) is 5.10 Å². The van der Waals surface area contributed by atoms with Crippen molar-refractivity contribution in [3.05, 3.63) is 65.6 Å². The summed E-state index contributed by atoms with van der Waals surface area (Å²) < 4.78 is 7.37. The predicted molar refractivity (Wildman–Crippen MR) is 118 cm³/mol. The lowest BCUT2D eigenvalue weighted by atomic mass is 9.73. The van der Waals surface area contributed by atoms with Crippen molar-refractivity contribution in [2.75, 3.05) is 11.9 Å². The normalized spacial score (nSPS) is 19.5. The van der Waals surface area contributed by atoms with E-state index in [1.165, 1.54) is 0 Å². The van der Waals surface area contributed by atoms with Crippen LogP contribution in [-0.2, 0) is 4.79 Å². The molecule has 3 heterocycles. The Morgan fingerprint density at radius 3 is 2.58 bits per heavy atom. The highest BCUT2D eigenvalue weighted by Crippen LogP contribution is 2.45. The molecule has 0 fully saturated rings. The summed E-state index contributed by atoms with van der Waals surface area (Å²) in [5.74, 6) is 2.23. The van der Waals surface area contributed by atoms with Gasteiger partial charge in [-0.2, -0.15) is 4.98 Å². The smallest absolute Gasteiger partial charge is 0.226 e. The van der Waals surface area contributed by atoms with Gasteiger partial charge in [-0.25, -0.2) is 4.68 Å². The summed E-state index contributed by atoms with van der Waals surface area (Å²) in [5, 5.41) is 8.23. The van der Waals surface area contributed by atoms with Crippen molar-refractivity contribution in [2.45, 2.75) is 39.7 Å². The van der Waals surface area contributed by atoms with Crippen LogP contribution in [0.5, 0.6) is 5.75 Å². The predicted octanol–water partition coefficient (Wildman–Crippen LogP) is 4.40. The average molecular weight is 415 g/mol. The van der Waals surface area contributed by atoms with E-state index < -0.39 is 0 Å². The van der Waals surface area contributed by atoms with Gasteiger partial charge in [-0.3, -0.25) is 9.78 Å². The number of benzene rings is 1. The maximum Gasteiger partial charge on any atom is 0.226 e. The first-order chi connectivity index (χ1) is 14.9. The Morgan fingerprint density at radius 2 is 1.87 bits per heavy atom. The van der Waals surface area contributed by atoms with Gasteiger partial charge in [0.25, 0.3) is 0 Å². The minimum atomic E-state index is -0.318. The molecule has 0 amide bonds. The molecule has 1 N–H and O–H groups in total.